The Labute approximate surface area is 127 Å². The van der Waals surface area contributed by atoms with Crippen molar-refractivity contribution < 1.29 is 9.90 Å². The summed E-state index contributed by atoms with van der Waals surface area (Å²) in [5.41, 5.74) is 2.26. The van der Waals surface area contributed by atoms with Crippen LogP contribution >= 0.6 is 11.3 Å². The number of carbonyl (C=O) groups excluding carboxylic acids is 1. The number of aliphatic hydroxyl groups is 1. The molecule has 1 amide bonds. The fraction of sp³-hybridized carbons (Fsp3) is 0.333. The quantitative estimate of drug-likeness (QED) is 0.842. The van der Waals surface area contributed by atoms with Gasteiger partial charge in [-0.05, 0) is 26.0 Å². The van der Waals surface area contributed by atoms with Crippen LogP contribution in [0.2, 0.25) is 0 Å². The van der Waals surface area contributed by atoms with Gasteiger partial charge < -0.3 is 10.4 Å². The van der Waals surface area contributed by atoms with Gasteiger partial charge in [-0.1, -0.05) is 11.8 Å². The molecule has 0 bridgehead atoms. The van der Waals surface area contributed by atoms with Crippen LogP contribution < -0.4 is 5.32 Å². The lowest BCUT2D eigenvalue weighted by atomic mass is 10.3. The molecule has 2 aromatic heterocycles. The first kappa shape index (κ1) is 15.3. The molecule has 2 aromatic rings. The number of amides is 1. The average Bonchev–Trinajstić information content (AvgIpc) is 3.08. The van der Waals surface area contributed by atoms with Crippen LogP contribution in [0.15, 0.2) is 17.5 Å². The molecule has 5 nitrogen and oxygen atoms in total. The number of thiophene rings is 1. The maximum absolute atomic E-state index is 12.2. The van der Waals surface area contributed by atoms with Crippen molar-refractivity contribution in [1.29, 1.82) is 0 Å². The van der Waals surface area contributed by atoms with Crippen molar-refractivity contribution in [2.75, 3.05) is 6.61 Å². The van der Waals surface area contributed by atoms with E-state index in [2.05, 4.69) is 22.3 Å². The highest BCUT2D eigenvalue weighted by Gasteiger charge is 2.12. The standard InChI is InChI=1S/C15H17N3O2S/c1-3-18-14(7-11(2)17-18)15(20)16-9-13-8-12(10-21-13)5-4-6-19/h7-8,10,19H,3,6,9H2,1-2H3,(H,16,20). The molecule has 2 N–H and O–H groups in total. The molecule has 0 atom stereocenters. The largest absolute Gasteiger partial charge is 0.384 e. The molecule has 2 heterocycles. The molecule has 0 aliphatic heterocycles. The van der Waals surface area contributed by atoms with E-state index in [9.17, 15) is 4.79 Å². The van der Waals surface area contributed by atoms with Crippen LogP contribution in [0.25, 0.3) is 0 Å². The monoisotopic (exact) mass is 303 g/mol. The number of nitrogens with one attached hydrogen (secondary N) is 1. The van der Waals surface area contributed by atoms with Crippen molar-refractivity contribution in [3.63, 3.8) is 0 Å². The fourth-order valence-corrected chi connectivity index (χ4v) is 2.66. The highest BCUT2D eigenvalue weighted by atomic mass is 32.1. The third-order valence-corrected chi connectivity index (χ3v) is 3.76. The van der Waals surface area contributed by atoms with Crippen molar-refractivity contribution in [1.82, 2.24) is 15.1 Å². The van der Waals surface area contributed by atoms with Gasteiger partial charge in [0.05, 0.1) is 12.2 Å². The number of nitrogens with zero attached hydrogens (tertiary/aromatic N) is 2. The number of hydrogen-bond donors (Lipinski definition) is 2. The van der Waals surface area contributed by atoms with Crippen LogP contribution in [0.3, 0.4) is 0 Å². The summed E-state index contributed by atoms with van der Waals surface area (Å²) in [5.74, 6) is 5.31. The number of aliphatic hydroxyl groups excluding tert-OH is 1. The summed E-state index contributed by atoms with van der Waals surface area (Å²) >= 11 is 1.53. The molecule has 110 valence electrons. The molecule has 0 unspecified atom stereocenters. The van der Waals surface area contributed by atoms with Crippen LogP contribution in [0.5, 0.6) is 0 Å². The number of carbonyl (C=O) groups is 1. The summed E-state index contributed by atoms with van der Waals surface area (Å²) in [6, 6.07) is 3.70. The lowest BCUT2D eigenvalue weighted by molar-refractivity contribution is 0.0940. The molecule has 0 saturated carbocycles. The van der Waals surface area contributed by atoms with Crippen LogP contribution in [0.4, 0.5) is 0 Å². The molecular formula is C15H17N3O2S. The van der Waals surface area contributed by atoms with Crippen molar-refractivity contribution in [3.8, 4) is 11.8 Å². The second-order valence-corrected chi connectivity index (χ2v) is 5.43. The van der Waals surface area contributed by atoms with E-state index >= 15 is 0 Å². The minimum Gasteiger partial charge on any atom is -0.384 e. The van der Waals surface area contributed by atoms with E-state index in [1.165, 1.54) is 11.3 Å². The van der Waals surface area contributed by atoms with Crippen molar-refractivity contribution >= 4 is 17.2 Å². The second-order valence-electron chi connectivity index (χ2n) is 4.43. The van der Waals surface area contributed by atoms with Crippen LogP contribution in [0.1, 0.15) is 33.5 Å². The Morgan fingerprint density at radius 3 is 3.05 bits per heavy atom. The number of aryl methyl sites for hydroxylation is 2. The molecule has 0 aliphatic rings. The Kier molecular flexibility index (Phi) is 5.14. The molecule has 0 spiro atoms. The second kappa shape index (κ2) is 7.07. The Morgan fingerprint density at radius 2 is 2.33 bits per heavy atom. The molecule has 0 aromatic carbocycles. The Bertz CT molecular complexity index is 691. The summed E-state index contributed by atoms with van der Waals surface area (Å²) < 4.78 is 1.69. The van der Waals surface area contributed by atoms with E-state index < -0.39 is 0 Å². The van der Waals surface area contributed by atoms with E-state index in [0.717, 1.165) is 16.1 Å². The van der Waals surface area contributed by atoms with E-state index in [1.807, 2.05) is 25.3 Å². The zero-order valence-corrected chi connectivity index (χ0v) is 12.8. The lowest BCUT2D eigenvalue weighted by Gasteiger charge is -2.05. The molecule has 0 aliphatic carbocycles. The van der Waals surface area contributed by atoms with Crippen molar-refractivity contribution in [2.24, 2.45) is 0 Å². The Balaban J connectivity index is 1.99. The predicted molar refractivity (Wildman–Crippen MR) is 82.1 cm³/mol. The number of rotatable bonds is 4. The predicted octanol–water partition coefficient (Wildman–Crippen LogP) is 1.55. The zero-order valence-electron chi connectivity index (χ0n) is 12.0. The highest BCUT2D eigenvalue weighted by Crippen LogP contribution is 2.14. The molecule has 21 heavy (non-hydrogen) atoms. The van der Waals surface area contributed by atoms with Gasteiger partial charge in [-0.3, -0.25) is 9.48 Å². The first-order chi connectivity index (χ1) is 10.1. The van der Waals surface area contributed by atoms with Crippen LogP contribution in [-0.4, -0.2) is 27.4 Å². The topological polar surface area (TPSA) is 67.2 Å². The molecule has 0 saturated heterocycles. The highest BCUT2D eigenvalue weighted by molar-refractivity contribution is 7.10. The van der Waals surface area contributed by atoms with E-state index in [-0.39, 0.29) is 12.5 Å². The van der Waals surface area contributed by atoms with E-state index in [1.54, 1.807) is 10.7 Å². The van der Waals surface area contributed by atoms with Gasteiger partial charge in [0.25, 0.3) is 5.91 Å². The van der Waals surface area contributed by atoms with Gasteiger partial charge >= 0.3 is 0 Å². The van der Waals surface area contributed by atoms with Gasteiger partial charge in [-0.2, -0.15) is 5.10 Å². The van der Waals surface area contributed by atoms with Gasteiger partial charge in [-0.15, -0.1) is 11.3 Å². The van der Waals surface area contributed by atoms with Gasteiger partial charge in [0.1, 0.15) is 12.3 Å². The molecule has 0 fully saturated rings. The Hall–Kier alpha value is -2.10. The van der Waals surface area contributed by atoms with Gasteiger partial charge in [-0.25, -0.2) is 0 Å². The normalized spacial score (nSPS) is 10.0. The minimum atomic E-state index is -0.151. The first-order valence-corrected chi connectivity index (χ1v) is 7.51. The lowest BCUT2D eigenvalue weighted by Crippen LogP contribution is -2.25. The number of aromatic nitrogens is 2. The van der Waals surface area contributed by atoms with Crippen LogP contribution in [0, 0.1) is 18.8 Å². The summed E-state index contributed by atoms with van der Waals surface area (Å²) in [6.45, 7) is 4.79. The average molecular weight is 303 g/mol. The summed E-state index contributed by atoms with van der Waals surface area (Å²) in [5, 5.41) is 17.7. The minimum absolute atomic E-state index is 0.131. The van der Waals surface area contributed by atoms with Gasteiger partial charge in [0, 0.05) is 22.4 Å². The molecule has 6 heteroatoms. The SMILES string of the molecule is CCn1nc(C)cc1C(=O)NCc1cc(C#CCO)cs1. The maximum Gasteiger partial charge on any atom is 0.269 e. The maximum atomic E-state index is 12.2. The summed E-state index contributed by atoms with van der Waals surface area (Å²) in [7, 11) is 0. The van der Waals surface area contributed by atoms with Gasteiger partial charge in [0.2, 0.25) is 0 Å². The fourth-order valence-electron chi connectivity index (χ4n) is 1.91. The molecular weight excluding hydrogens is 286 g/mol. The van der Waals surface area contributed by atoms with Crippen molar-refractivity contribution in [2.45, 2.75) is 26.9 Å². The third-order valence-electron chi connectivity index (χ3n) is 2.82. The van der Waals surface area contributed by atoms with Gasteiger partial charge in [0.15, 0.2) is 0 Å². The summed E-state index contributed by atoms with van der Waals surface area (Å²) in [6.07, 6.45) is 0. The summed E-state index contributed by atoms with van der Waals surface area (Å²) in [4.78, 5) is 13.2. The van der Waals surface area contributed by atoms with Crippen LogP contribution in [-0.2, 0) is 13.1 Å². The van der Waals surface area contributed by atoms with E-state index in [0.29, 0.717) is 18.8 Å². The number of hydrogen-bond acceptors (Lipinski definition) is 4. The smallest absolute Gasteiger partial charge is 0.269 e. The first-order valence-electron chi connectivity index (χ1n) is 6.63. The third kappa shape index (κ3) is 3.94. The zero-order chi connectivity index (χ0) is 15.2. The van der Waals surface area contributed by atoms with E-state index in [4.69, 9.17) is 5.11 Å². The Morgan fingerprint density at radius 1 is 1.52 bits per heavy atom. The van der Waals surface area contributed by atoms with Crippen molar-refractivity contribution in [3.05, 3.63) is 39.3 Å². The molecule has 2 rings (SSSR count). The molecule has 0 radical (unpaired) electrons.